The van der Waals surface area contributed by atoms with Gasteiger partial charge in [0.05, 0.1) is 0 Å². The normalized spacial score (nSPS) is 13.4. The van der Waals surface area contributed by atoms with Crippen molar-refractivity contribution in [3.63, 3.8) is 0 Å². The smallest absolute Gasteiger partial charge is 0.0203 e. The quantitative estimate of drug-likeness (QED) is 0.480. The molecule has 0 nitrogen and oxygen atoms in total. The highest BCUT2D eigenvalue weighted by molar-refractivity contribution is 7.80. The predicted octanol–water partition coefficient (Wildman–Crippen LogP) is 4.09. The van der Waals surface area contributed by atoms with Crippen molar-refractivity contribution in [1.82, 2.24) is 0 Å². The van der Waals surface area contributed by atoms with Crippen LogP contribution in [0, 0.1) is 5.41 Å². The SMILES string of the molecule is C=C/C=C\C(=C\C)C(C)(C)C(C)=S. The highest BCUT2D eigenvalue weighted by atomic mass is 32.1. The van der Waals surface area contributed by atoms with Crippen molar-refractivity contribution >= 4 is 17.1 Å². The highest BCUT2D eigenvalue weighted by Crippen LogP contribution is 2.29. The Morgan fingerprint density at radius 1 is 1.38 bits per heavy atom. The summed E-state index contributed by atoms with van der Waals surface area (Å²) in [4.78, 5) is 1.01. The summed E-state index contributed by atoms with van der Waals surface area (Å²) in [5.41, 5.74) is 1.21. The van der Waals surface area contributed by atoms with Gasteiger partial charge in [-0.05, 0) is 24.3 Å². The van der Waals surface area contributed by atoms with Gasteiger partial charge < -0.3 is 0 Å². The summed E-state index contributed by atoms with van der Waals surface area (Å²) in [6.07, 6.45) is 7.87. The molecule has 0 aliphatic heterocycles. The predicted molar refractivity (Wildman–Crippen MR) is 65.1 cm³/mol. The second-order valence-corrected chi connectivity index (χ2v) is 4.13. The molecule has 0 rings (SSSR count). The Morgan fingerprint density at radius 2 is 1.92 bits per heavy atom. The molecule has 13 heavy (non-hydrogen) atoms. The topological polar surface area (TPSA) is 0 Å². The molecule has 1 heteroatoms. The van der Waals surface area contributed by atoms with E-state index in [1.165, 1.54) is 5.57 Å². The van der Waals surface area contributed by atoms with Crippen molar-refractivity contribution in [2.45, 2.75) is 27.7 Å². The zero-order chi connectivity index (χ0) is 10.5. The Labute approximate surface area is 87.0 Å². The first-order valence-electron chi connectivity index (χ1n) is 4.43. The van der Waals surface area contributed by atoms with Crippen LogP contribution in [-0.2, 0) is 0 Å². The minimum Gasteiger partial charge on any atom is -0.0991 e. The van der Waals surface area contributed by atoms with Gasteiger partial charge in [0.15, 0.2) is 0 Å². The number of hydrogen-bond donors (Lipinski definition) is 0. The molecule has 0 spiro atoms. The fourth-order valence-electron chi connectivity index (χ4n) is 1.04. The monoisotopic (exact) mass is 194 g/mol. The summed E-state index contributed by atoms with van der Waals surface area (Å²) >= 11 is 5.22. The van der Waals surface area contributed by atoms with Gasteiger partial charge >= 0.3 is 0 Å². The van der Waals surface area contributed by atoms with E-state index >= 15 is 0 Å². The lowest BCUT2D eigenvalue weighted by molar-refractivity contribution is 0.649. The number of thiocarbonyl (C=S) groups is 1. The zero-order valence-corrected chi connectivity index (χ0v) is 9.74. The Morgan fingerprint density at radius 3 is 2.23 bits per heavy atom. The molecule has 72 valence electrons. The van der Waals surface area contributed by atoms with Gasteiger partial charge in [-0.25, -0.2) is 0 Å². The summed E-state index contributed by atoms with van der Waals surface area (Å²) in [7, 11) is 0. The van der Waals surface area contributed by atoms with E-state index in [9.17, 15) is 0 Å². The van der Waals surface area contributed by atoms with Crippen LogP contribution in [0.15, 0.2) is 36.5 Å². The van der Waals surface area contributed by atoms with Crippen LogP contribution in [0.4, 0.5) is 0 Å². The van der Waals surface area contributed by atoms with Crippen molar-refractivity contribution < 1.29 is 0 Å². The van der Waals surface area contributed by atoms with Gasteiger partial charge in [0.1, 0.15) is 0 Å². The molecule has 0 aliphatic carbocycles. The fourth-order valence-corrected chi connectivity index (χ4v) is 1.16. The molecular weight excluding hydrogens is 176 g/mol. The van der Waals surface area contributed by atoms with E-state index in [1.807, 2.05) is 19.9 Å². The van der Waals surface area contributed by atoms with Gasteiger partial charge in [-0.2, -0.15) is 0 Å². The summed E-state index contributed by atoms with van der Waals surface area (Å²) in [5, 5.41) is 0. The van der Waals surface area contributed by atoms with Crippen molar-refractivity contribution in [2.75, 3.05) is 0 Å². The minimum atomic E-state index is -0.0242. The maximum absolute atomic E-state index is 5.22. The number of rotatable bonds is 4. The van der Waals surface area contributed by atoms with Crippen LogP contribution < -0.4 is 0 Å². The first-order chi connectivity index (χ1) is 5.96. The lowest BCUT2D eigenvalue weighted by Gasteiger charge is -2.25. The highest BCUT2D eigenvalue weighted by Gasteiger charge is 2.22. The molecule has 0 aromatic rings. The maximum atomic E-state index is 5.22. The third-order valence-corrected chi connectivity index (χ3v) is 2.84. The Balaban J connectivity index is 4.89. The lowest BCUT2D eigenvalue weighted by atomic mass is 9.81. The van der Waals surface area contributed by atoms with Crippen LogP contribution in [0.2, 0.25) is 0 Å². The van der Waals surface area contributed by atoms with Crippen molar-refractivity contribution in [3.05, 3.63) is 36.5 Å². The largest absolute Gasteiger partial charge is 0.0991 e. The molecule has 0 radical (unpaired) electrons. The number of hydrogen-bond acceptors (Lipinski definition) is 1. The average molecular weight is 194 g/mol. The van der Waals surface area contributed by atoms with Crippen molar-refractivity contribution in [3.8, 4) is 0 Å². The maximum Gasteiger partial charge on any atom is 0.0203 e. The molecule has 0 aromatic carbocycles. The third kappa shape index (κ3) is 3.27. The van der Waals surface area contributed by atoms with Gasteiger partial charge in [0.2, 0.25) is 0 Å². The van der Waals surface area contributed by atoms with E-state index in [0.29, 0.717) is 0 Å². The van der Waals surface area contributed by atoms with E-state index in [4.69, 9.17) is 12.2 Å². The molecule has 0 saturated heterocycles. The van der Waals surface area contributed by atoms with Crippen LogP contribution in [0.25, 0.3) is 0 Å². The van der Waals surface area contributed by atoms with Crippen LogP contribution in [0.3, 0.4) is 0 Å². The average Bonchev–Trinajstić information content (AvgIpc) is 2.05. The third-order valence-electron chi connectivity index (χ3n) is 2.32. The number of allylic oxidation sites excluding steroid dienone is 5. The van der Waals surface area contributed by atoms with Crippen LogP contribution in [-0.4, -0.2) is 4.86 Å². The van der Waals surface area contributed by atoms with E-state index in [2.05, 4.69) is 32.6 Å². The first-order valence-corrected chi connectivity index (χ1v) is 4.84. The van der Waals surface area contributed by atoms with E-state index < -0.39 is 0 Å². The van der Waals surface area contributed by atoms with E-state index in [0.717, 1.165) is 4.86 Å². The van der Waals surface area contributed by atoms with Crippen molar-refractivity contribution in [2.24, 2.45) is 5.41 Å². The molecule has 0 bridgehead atoms. The second kappa shape index (κ2) is 5.13. The Hall–Kier alpha value is -0.690. The summed E-state index contributed by atoms with van der Waals surface area (Å²) < 4.78 is 0. The molecule has 0 saturated carbocycles. The molecule has 0 fully saturated rings. The van der Waals surface area contributed by atoms with E-state index in [-0.39, 0.29) is 5.41 Å². The molecule has 0 heterocycles. The molecule has 0 atom stereocenters. The minimum absolute atomic E-state index is 0.0242. The molecule has 0 aromatic heterocycles. The van der Waals surface area contributed by atoms with E-state index in [1.54, 1.807) is 6.08 Å². The summed E-state index contributed by atoms with van der Waals surface area (Å²) in [6.45, 7) is 11.9. The first kappa shape index (κ1) is 12.3. The fraction of sp³-hybridized carbons (Fsp3) is 0.417. The zero-order valence-electron chi connectivity index (χ0n) is 8.92. The van der Waals surface area contributed by atoms with Gasteiger partial charge in [-0.1, -0.05) is 56.9 Å². The lowest BCUT2D eigenvalue weighted by Crippen LogP contribution is -2.21. The molecule has 0 amide bonds. The molecule has 0 aliphatic rings. The van der Waals surface area contributed by atoms with Gasteiger partial charge in [0.25, 0.3) is 0 Å². The van der Waals surface area contributed by atoms with Gasteiger partial charge in [0, 0.05) is 5.41 Å². The van der Waals surface area contributed by atoms with Crippen LogP contribution in [0.1, 0.15) is 27.7 Å². The molecule has 0 N–H and O–H groups in total. The molecule has 0 unspecified atom stereocenters. The summed E-state index contributed by atoms with van der Waals surface area (Å²) in [6, 6.07) is 0. The Kier molecular flexibility index (Phi) is 4.86. The van der Waals surface area contributed by atoms with Crippen LogP contribution in [0.5, 0.6) is 0 Å². The Bertz CT molecular complexity index is 254. The van der Waals surface area contributed by atoms with Gasteiger partial charge in [-0.15, -0.1) is 0 Å². The molecular formula is C12H18S. The summed E-state index contributed by atoms with van der Waals surface area (Å²) in [5.74, 6) is 0. The second-order valence-electron chi connectivity index (χ2n) is 3.52. The van der Waals surface area contributed by atoms with Gasteiger partial charge in [-0.3, -0.25) is 0 Å². The van der Waals surface area contributed by atoms with Crippen LogP contribution >= 0.6 is 12.2 Å². The van der Waals surface area contributed by atoms with Crippen molar-refractivity contribution in [1.29, 1.82) is 0 Å². The standard InChI is InChI=1S/C12H18S/c1-6-8-9-11(7-2)12(4,5)10(3)13/h6-9H,1H2,2-5H3/b9-8-,11-7-.